The van der Waals surface area contributed by atoms with Gasteiger partial charge in [0.1, 0.15) is 5.82 Å². The van der Waals surface area contributed by atoms with E-state index in [4.69, 9.17) is 11.6 Å². The SMILES string of the molecule is CC(C)c1cc(=O)[nH]c(N/N=C\c2c(F)cccc2Cl)n1. The van der Waals surface area contributed by atoms with Gasteiger partial charge in [-0.05, 0) is 18.1 Å². The lowest BCUT2D eigenvalue weighted by atomic mass is 10.1. The molecule has 1 aromatic heterocycles. The van der Waals surface area contributed by atoms with E-state index in [-0.39, 0.29) is 28.0 Å². The van der Waals surface area contributed by atoms with Crippen molar-refractivity contribution in [3.8, 4) is 0 Å². The number of benzene rings is 1. The highest BCUT2D eigenvalue weighted by molar-refractivity contribution is 6.33. The minimum Gasteiger partial charge on any atom is -0.291 e. The number of rotatable bonds is 4. The van der Waals surface area contributed by atoms with E-state index in [0.717, 1.165) is 0 Å². The Hall–Kier alpha value is -2.21. The van der Waals surface area contributed by atoms with E-state index in [1.54, 1.807) is 6.07 Å². The Morgan fingerprint density at radius 1 is 1.48 bits per heavy atom. The average molecular weight is 309 g/mol. The van der Waals surface area contributed by atoms with Crippen LogP contribution in [-0.4, -0.2) is 16.2 Å². The summed E-state index contributed by atoms with van der Waals surface area (Å²) in [6.07, 6.45) is 1.24. The largest absolute Gasteiger partial charge is 0.291 e. The van der Waals surface area contributed by atoms with Gasteiger partial charge in [-0.15, -0.1) is 0 Å². The monoisotopic (exact) mass is 308 g/mol. The van der Waals surface area contributed by atoms with Gasteiger partial charge in [-0.3, -0.25) is 9.78 Å². The summed E-state index contributed by atoms with van der Waals surface area (Å²) in [6, 6.07) is 5.78. The summed E-state index contributed by atoms with van der Waals surface area (Å²) >= 11 is 5.87. The quantitative estimate of drug-likeness (QED) is 0.673. The Labute approximate surface area is 125 Å². The maximum Gasteiger partial charge on any atom is 0.252 e. The third-order valence-electron chi connectivity index (χ3n) is 2.72. The fourth-order valence-corrected chi connectivity index (χ4v) is 1.83. The highest BCUT2D eigenvalue weighted by atomic mass is 35.5. The first-order valence-electron chi connectivity index (χ1n) is 6.31. The summed E-state index contributed by atoms with van der Waals surface area (Å²) in [5.74, 6) is -0.182. The molecule has 0 bridgehead atoms. The maximum absolute atomic E-state index is 13.5. The van der Waals surface area contributed by atoms with Gasteiger partial charge >= 0.3 is 0 Å². The van der Waals surface area contributed by atoms with Crippen molar-refractivity contribution in [3.05, 3.63) is 56.7 Å². The number of aromatic nitrogens is 2. The molecular weight excluding hydrogens is 295 g/mol. The first-order valence-corrected chi connectivity index (χ1v) is 6.69. The highest BCUT2D eigenvalue weighted by Crippen LogP contribution is 2.16. The van der Waals surface area contributed by atoms with Crippen LogP contribution < -0.4 is 11.0 Å². The van der Waals surface area contributed by atoms with Crippen LogP contribution in [0.4, 0.5) is 10.3 Å². The second kappa shape index (κ2) is 6.49. The Kier molecular flexibility index (Phi) is 4.70. The zero-order valence-corrected chi connectivity index (χ0v) is 12.3. The van der Waals surface area contributed by atoms with E-state index < -0.39 is 5.82 Å². The number of halogens is 2. The molecule has 2 rings (SSSR count). The van der Waals surface area contributed by atoms with Crippen molar-refractivity contribution in [2.24, 2.45) is 5.10 Å². The minimum absolute atomic E-state index is 0.109. The summed E-state index contributed by atoms with van der Waals surface area (Å²) in [5, 5.41) is 4.09. The number of aromatic amines is 1. The Bertz CT molecular complexity index is 707. The predicted octanol–water partition coefficient (Wildman–Crippen LogP) is 3.13. The van der Waals surface area contributed by atoms with E-state index in [0.29, 0.717) is 5.69 Å². The molecule has 5 nitrogen and oxygen atoms in total. The number of nitrogens with one attached hydrogen (secondary N) is 2. The van der Waals surface area contributed by atoms with Crippen molar-refractivity contribution >= 4 is 23.8 Å². The normalized spacial score (nSPS) is 11.3. The zero-order chi connectivity index (χ0) is 15.4. The smallest absolute Gasteiger partial charge is 0.252 e. The topological polar surface area (TPSA) is 70.1 Å². The number of H-pyrrole nitrogens is 1. The Balaban J connectivity index is 2.20. The first kappa shape index (κ1) is 15.2. The molecular formula is C14H14ClFN4O. The van der Waals surface area contributed by atoms with Crippen LogP contribution >= 0.6 is 11.6 Å². The molecule has 0 fully saturated rings. The van der Waals surface area contributed by atoms with Crippen LogP contribution in [0.5, 0.6) is 0 Å². The van der Waals surface area contributed by atoms with Crippen LogP contribution in [0.15, 0.2) is 34.2 Å². The molecule has 0 radical (unpaired) electrons. The van der Waals surface area contributed by atoms with Crippen molar-refractivity contribution in [2.75, 3.05) is 5.43 Å². The number of hydrogen-bond acceptors (Lipinski definition) is 4. The molecule has 1 aromatic carbocycles. The maximum atomic E-state index is 13.5. The van der Waals surface area contributed by atoms with E-state index in [1.807, 2.05) is 13.8 Å². The van der Waals surface area contributed by atoms with Gasteiger partial charge in [0, 0.05) is 11.6 Å². The third kappa shape index (κ3) is 3.88. The summed E-state index contributed by atoms with van der Waals surface area (Å²) in [5.41, 5.74) is 3.08. The van der Waals surface area contributed by atoms with Crippen LogP contribution in [0.25, 0.3) is 0 Å². The summed E-state index contributed by atoms with van der Waals surface area (Å²) < 4.78 is 13.5. The molecule has 1 heterocycles. The van der Waals surface area contributed by atoms with Gasteiger partial charge in [0.2, 0.25) is 5.95 Å². The van der Waals surface area contributed by atoms with E-state index in [2.05, 4.69) is 20.5 Å². The van der Waals surface area contributed by atoms with Crippen LogP contribution in [0.3, 0.4) is 0 Å². The molecule has 0 saturated carbocycles. The van der Waals surface area contributed by atoms with E-state index >= 15 is 0 Å². The lowest BCUT2D eigenvalue weighted by Gasteiger charge is -2.06. The number of nitrogens with zero attached hydrogens (tertiary/aromatic N) is 2. The number of anilines is 1. The van der Waals surface area contributed by atoms with Crippen molar-refractivity contribution in [2.45, 2.75) is 19.8 Å². The molecule has 0 atom stereocenters. The molecule has 110 valence electrons. The van der Waals surface area contributed by atoms with Crippen LogP contribution in [-0.2, 0) is 0 Å². The summed E-state index contributed by atoms with van der Waals surface area (Å²) in [6.45, 7) is 3.85. The van der Waals surface area contributed by atoms with Gasteiger partial charge in [0.05, 0.1) is 16.9 Å². The van der Waals surface area contributed by atoms with Crippen molar-refractivity contribution < 1.29 is 4.39 Å². The highest BCUT2D eigenvalue weighted by Gasteiger charge is 2.05. The summed E-state index contributed by atoms with van der Waals surface area (Å²) in [7, 11) is 0. The minimum atomic E-state index is -0.481. The van der Waals surface area contributed by atoms with Crippen LogP contribution in [0.2, 0.25) is 5.02 Å². The zero-order valence-electron chi connectivity index (χ0n) is 11.5. The fourth-order valence-electron chi connectivity index (χ4n) is 1.62. The Morgan fingerprint density at radius 3 is 2.90 bits per heavy atom. The van der Waals surface area contributed by atoms with Gasteiger partial charge in [-0.25, -0.2) is 14.8 Å². The van der Waals surface area contributed by atoms with Crippen molar-refractivity contribution in [3.63, 3.8) is 0 Å². The van der Waals surface area contributed by atoms with Gasteiger partial charge in [-0.2, -0.15) is 5.10 Å². The second-order valence-electron chi connectivity index (χ2n) is 4.68. The lowest BCUT2D eigenvalue weighted by molar-refractivity contribution is 0.626. The predicted molar refractivity (Wildman–Crippen MR) is 81.6 cm³/mol. The number of hydrogen-bond donors (Lipinski definition) is 2. The van der Waals surface area contributed by atoms with Crippen LogP contribution in [0.1, 0.15) is 31.0 Å². The van der Waals surface area contributed by atoms with Crippen molar-refractivity contribution in [1.82, 2.24) is 9.97 Å². The standard InChI is InChI=1S/C14H14ClFN4O/c1-8(2)12-6-13(21)19-14(18-12)20-17-7-9-10(15)4-3-5-11(9)16/h3-8H,1-2H3,(H2,18,19,20,21)/b17-7-. The molecule has 21 heavy (non-hydrogen) atoms. The summed E-state index contributed by atoms with van der Waals surface area (Å²) in [4.78, 5) is 18.2. The fraction of sp³-hybridized carbons (Fsp3) is 0.214. The molecule has 7 heteroatoms. The molecule has 0 spiro atoms. The van der Waals surface area contributed by atoms with E-state index in [1.165, 1.54) is 24.4 Å². The first-order chi connectivity index (χ1) is 9.97. The molecule has 0 aliphatic rings. The molecule has 0 aliphatic carbocycles. The third-order valence-corrected chi connectivity index (χ3v) is 3.05. The molecule has 2 aromatic rings. The van der Waals surface area contributed by atoms with Crippen molar-refractivity contribution in [1.29, 1.82) is 0 Å². The molecule has 0 saturated heterocycles. The molecule has 0 aliphatic heterocycles. The number of hydrazone groups is 1. The molecule has 2 N–H and O–H groups in total. The second-order valence-corrected chi connectivity index (χ2v) is 5.09. The van der Waals surface area contributed by atoms with Gasteiger partial charge in [-0.1, -0.05) is 31.5 Å². The van der Waals surface area contributed by atoms with Crippen LogP contribution in [0, 0.1) is 5.82 Å². The van der Waals surface area contributed by atoms with Gasteiger partial charge in [0.15, 0.2) is 0 Å². The van der Waals surface area contributed by atoms with E-state index in [9.17, 15) is 9.18 Å². The molecule has 0 amide bonds. The van der Waals surface area contributed by atoms with Gasteiger partial charge in [0.25, 0.3) is 5.56 Å². The lowest BCUT2D eigenvalue weighted by Crippen LogP contribution is -2.12. The molecule has 0 unspecified atom stereocenters. The average Bonchev–Trinajstić information content (AvgIpc) is 2.41. The Morgan fingerprint density at radius 2 is 2.24 bits per heavy atom. The van der Waals surface area contributed by atoms with Gasteiger partial charge < -0.3 is 0 Å².